The lowest BCUT2D eigenvalue weighted by Crippen LogP contribution is -1.98. The van der Waals surface area contributed by atoms with Crippen LogP contribution in [0.25, 0.3) is 0 Å². The molecule has 2 aromatic rings. The largest absolute Gasteiger partial charge is 0.419 e. The fraction of sp³-hybridized carbons (Fsp3) is 0. The molecule has 1 unspecified atom stereocenters. The lowest BCUT2D eigenvalue weighted by Gasteiger charge is -2.07. The first-order valence-corrected chi connectivity index (χ1v) is 7.53. The Bertz CT molecular complexity index is 482. The summed E-state index contributed by atoms with van der Waals surface area (Å²) in [6.07, 6.45) is 0. The monoisotopic (exact) mass is 312 g/mol. The second kappa shape index (κ2) is 5.57. The third-order valence-corrected chi connectivity index (χ3v) is 4.23. The average molecular weight is 313 g/mol. The molecule has 0 fully saturated rings. The Morgan fingerprint density at radius 2 is 1.56 bits per heavy atom. The van der Waals surface area contributed by atoms with E-state index in [9.17, 15) is 0 Å². The van der Waals surface area contributed by atoms with Crippen LogP contribution in [0.3, 0.4) is 0 Å². The van der Waals surface area contributed by atoms with E-state index in [2.05, 4.69) is 15.9 Å². The smallest absolute Gasteiger partial charge is 0.138 e. The zero-order valence-electron chi connectivity index (χ0n) is 8.30. The van der Waals surface area contributed by atoms with Crippen molar-refractivity contribution in [3.05, 3.63) is 59.1 Å². The highest BCUT2D eigenvalue weighted by molar-refractivity contribution is 9.10. The maximum Gasteiger partial charge on any atom is 0.138 e. The molecule has 0 radical (unpaired) electrons. The quantitative estimate of drug-likeness (QED) is 0.850. The molecule has 0 aliphatic carbocycles. The van der Waals surface area contributed by atoms with E-state index in [0.717, 1.165) is 15.1 Å². The lowest BCUT2D eigenvalue weighted by molar-refractivity contribution is 0.639. The Hall–Kier alpha value is -0.710. The van der Waals surface area contributed by atoms with Crippen molar-refractivity contribution in [3.63, 3.8) is 0 Å². The number of halogens is 1. The van der Waals surface area contributed by atoms with Crippen LogP contribution in [0.15, 0.2) is 64.0 Å². The number of hydrogen-bond donors (Lipinski definition) is 0. The topological polar surface area (TPSA) is 9.23 Å². The third-order valence-electron chi connectivity index (χ3n) is 1.92. The Morgan fingerprint density at radius 3 is 2.19 bits per heavy atom. The van der Waals surface area contributed by atoms with Gasteiger partial charge in [0.25, 0.3) is 0 Å². The van der Waals surface area contributed by atoms with Crippen LogP contribution < -0.4 is 4.18 Å². The van der Waals surface area contributed by atoms with Gasteiger partial charge in [-0.2, -0.15) is 0 Å². The number of hydrogen-bond acceptors (Lipinski definition) is 2. The molecule has 82 valence electrons. The highest BCUT2D eigenvalue weighted by Gasteiger charge is 2.01. The van der Waals surface area contributed by atoms with Gasteiger partial charge in [-0.3, -0.25) is 0 Å². The van der Waals surface area contributed by atoms with Crippen molar-refractivity contribution in [1.29, 1.82) is 0 Å². The van der Waals surface area contributed by atoms with Crippen LogP contribution in [0.2, 0.25) is 0 Å². The van der Waals surface area contributed by atoms with Crippen molar-refractivity contribution in [2.24, 2.45) is 0 Å². The lowest BCUT2D eigenvalue weighted by atomic mass is 10.3. The van der Waals surface area contributed by atoms with Gasteiger partial charge in [0.05, 0.1) is 9.74 Å². The maximum atomic E-state index is 5.67. The predicted octanol–water partition coefficient (Wildman–Crippen LogP) is 3.88. The minimum Gasteiger partial charge on any atom is -0.419 e. The summed E-state index contributed by atoms with van der Waals surface area (Å²) in [7, 11) is -0.630. The van der Waals surface area contributed by atoms with Crippen molar-refractivity contribution in [2.45, 2.75) is 4.90 Å². The van der Waals surface area contributed by atoms with Crippen LogP contribution >= 0.6 is 15.9 Å². The molecule has 0 aliphatic rings. The second-order valence-corrected chi connectivity index (χ2v) is 6.02. The highest BCUT2D eigenvalue weighted by atomic mass is 79.9. The van der Waals surface area contributed by atoms with Gasteiger partial charge in [-0.05, 0) is 47.6 Å². The summed E-state index contributed by atoms with van der Waals surface area (Å²) in [5.41, 5.74) is 0. The van der Waals surface area contributed by atoms with Gasteiger partial charge in [-0.1, -0.05) is 34.1 Å². The molecule has 4 heteroatoms. The standard InChI is InChI=1S/C12H9BrOS2/c13-10-6-8-12(9-7-10)16(15)14-11-4-2-1-3-5-11/h1-9H. The van der Waals surface area contributed by atoms with E-state index in [4.69, 9.17) is 15.4 Å². The molecule has 0 N–H and O–H groups in total. The molecular weight excluding hydrogens is 304 g/mol. The molecule has 2 rings (SSSR count). The minimum absolute atomic E-state index is 0.630. The van der Waals surface area contributed by atoms with E-state index < -0.39 is 9.74 Å². The Labute approximate surface area is 110 Å². The molecule has 1 nitrogen and oxygen atoms in total. The van der Waals surface area contributed by atoms with Crippen molar-refractivity contribution in [2.75, 3.05) is 0 Å². The van der Waals surface area contributed by atoms with Gasteiger partial charge in [0.1, 0.15) is 5.75 Å². The van der Waals surface area contributed by atoms with Crippen LogP contribution in [0.4, 0.5) is 0 Å². The maximum absolute atomic E-state index is 5.67. The van der Waals surface area contributed by atoms with Crippen LogP contribution in [0.1, 0.15) is 0 Å². The molecule has 1 atom stereocenters. The van der Waals surface area contributed by atoms with Gasteiger partial charge in [-0.25, -0.2) is 0 Å². The van der Waals surface area contributed by atoms with E-state index in [1.807, 2.05) is 54.6 Å². The normalized spacial score (nSPS) is 12.1. The molecule has 16 heavy (non-hydrogen) atoms. The number of para-hydroxylation sites is 1. The number of rotatable bonds is 3. The zero-order valence-corrected chi connectivity index (χ0v) is 11.5. The summed E-state index contributed by atoms with van der Waals surface area (Å²) in [6, 6.07) is 17.5. The number of benzene rings is 2. The first-order chi connectivity index (χ1) is 7.75. The fourth-order valence-electron chi connectivity index (χ4n) is 1.16. The summed E-state index contributed by atoms with van der Waals surface area (Å²) in [5, 5.41) is 0. The first kappa shape index (κ1) is 11.8. The molecule has 0 bridgehead atoms. The van der Waals surface area contributed by atoms with E-state index in [1.165, 1.54) is 0 Å². The van der Waals surface area contributed by atoms with Crippen molar-refractivity contribution in [3.8, 4) is 5.75 Å². The SMILES string of the molecule is S=S(Oc1ccccc1)c1ccc(Br)cc1. The van der Waals surface area contributed by atoms with Gasteiger partial charge in [0.15, 0.2) is 0 Å². The minimum atomic E-state index is -0.630. The van der Waals surface area contributed by atoms with Crippen molar-refractivity contribution in [1.82, 2.24) is 0 Å². The van der Waals surface area contributed by atoms with Crippen LogP contribution in [-0.2, 0) is 20.9 Å². The predicted molar refractivity (Wildman–Crippen MR) is 74.2 cm³/mol. The summed E-state index contributed by atoms with van der Waals surface area (Å²) in [6.45, 7) is 0. The van der Waals surface area contributed by atoms with E-state index in [1.54, 1.807) is 0 Å². The Balaban J connectivity index is 2.12. The van der Waals surface area contributed by atoms with Gasteiger partial charge in [0, 0.05) is 9.37 Å². The summed E-state index contributed by atoms with van der Waals surface area (Å²) >= 11 is 8.71. The molecule has 0 spiro atoms. The summed E-state index contributed by atoms with van der Waals surface area (Å²) in [5.74, 6) is 0.809. The Morgan fingerprint density at radius 1 is 0.938 bits per heavy atom. The van der Waals surface area contributed by atoms with Crippen molar-refractivity contribution < 1.29 is 4.18 Å². The molecule has 0 saturated heterocycles. The fourth-order valence-corrected chi connectivity index (χ4v) is 2.73. The Kier molecular flexibility index (Phi) is 4.09. The van der Waals surface area contributed by atoms with Gasteiger partial charge in [-0.15, -0.1) is 0 Å². The first-order valence-electron chi connectivity index (χ1n) is 4.66. The second-order valence-electron chi connectivity index (χ2n) is 3.09. The van der Waals surface area contributed by atoms with E-state index >= 15 is 0 Å². The van der Waals surface area contributed by atoms with Crippen molar-refractivity contribution >= 4 is 36.9 Å². The average Bonchev–Trinajstić information content (AvgIpc) is 2.31. The molecule has 0 aromatic heterocycles. The molecule has 0 amide bonds. The molecule has 0 saturated carbocycles. The van der Waals surface area contributed by atoms with Gasteiger partial charge < -0.3 is 4.18 Å². The summed E-state index contributed by atoms with van der Waals surface area (Å²) in [4.78, 5) is 1.02. The summed E-state index contributed by atoms with van der Waals surface area (Å²) < 4.78 is 6.71. The zero-order chi connectivity index (χ0) is 11.4. The molecule has 0 heterocycles. The highest BCUT2D eigenvalue weighted by Crippen LogP contribution is 2.17. The van der Waals surface area contributed by atoms with Gasteiger partial charge in [0.2, 0.25) is 0 Å². The van der Waals surface area contributed by atoms with Crippen LogP contribution in [0, 0.1) is 0 Å². The third kappa shape index (κ3) is 3.14. The van der Waals surface area contributed by atoms with Gasteiger partial charge >= 0.3 is 0 Å². The van der Waals surface area contributed by atoms with Crippen LogP contribution in [-0.4, -0.2) is 0 Å². The van der Waals surface area contributed by atoms with Crippen LogP contribution in [0.5, 0.6) is 5.75 Å². The molecule has 0 aliphatic heterocycles. The molecule has 2 aromatic carbocycles. The molecular formula is C12H9BrOS2. The van der Waals surface area contributed by atoms with E-state index in [-0.39, 0.29) is 0 Å². The van der Waals surface area contributed by atoms with E-state index in [0.29, 0.717) is 0 Å².